The van der Waals surface area contributed by atoms with Gasteiger partial charge in [0.05, 0.1) is 5.69 Å². The molecule has 1 saturated heterocycles. The van der Waals surface area contributed by atoms with E-state index in [1.54, 1.807) is 0 Å². The number of benzene rings is 1. The molecule has 0 aliphatic carbocycles. The molecular formula is C20H26N2S. The molecule has 0 spiro atoms. The van der Waals surface area contributed by atoms with Crippen LogP contribution >= 0.6 is 11.8 Å². The number of rotatable bonds is 5. The lowest BCUT2D eigenvalue weighted by Gasteiger charge is -2.31. The van der Waals surface area contributed by atoms with Gasteiger partial charge in [0.1, 0.15) is 0 Å². The summed E-state index contributed by atoms with van der Waals surface area (Å²) in [6, 6.07) is 8.68. The molecule has 1 aromatic carbocycles. The van der Waals surface area contributed by atoms with Crippen molar-refractivity contribution in [2.24, 2.45) is 5.92 Å². The topological polar surface area (TPSA) is 15.3 Å². The van der Waals surface area contributed by atoms with Gasteiger partial charge in [-0.3, -0.25) is 0 Å². The maximum absolute atomic E-state index is 5.47. The first-order chi connectivity index (χ1) is 11.1. The molecule has 0 bridgehead atoms. The molecule has 1 N–H and O–H groups in total. The molecule has 1 heterocycles. The number of terminal acetylenes is 1. The second kappa shape index (κ2) is 8.86. The molecule has 23 heavy (non-hydrogen) atoms. The van der Waals surface area contributed by atoms with E-state index >= 15 is 0 Å². The van der Waals surface area contributed by atoms with Crippen molar-refractivity contribution < 1.29 is 0 Å². The fourth-order valence-corrected chi connectivity index (χ4v) is 3.45. The van der Waals surface area contributed by atoms with Gasteiger partial charge in [0.2, 0.25) is 0 Å². The third-order valence-electron chi connectivity index (χ3n) is 3.83. The van der Waals surface area contributed by atoms with E-state index in [1.165, 1.54) is 21.1 Å². The molecule has 2 nitrogen and oxygen atoms in total. The average molecular weight is 327 g/mol. The molecule has 0 amide bonds. The van der Waals surface area contributed by atoms with Crippen molar-refractivity contribution >= 4 is 17.4 Å². The van der Waals surface area contributed by atoms with Crippen LogP contribution in [-0.4, -0.2) is 26.2 Å². The molecule has 3 heteroatoms. The Hall–Kier alpha value is -1.63. The van der Waals surface area contributed by atoms with E-state index in [-0.39, 0.29) is 5.92 Å². The van der Waals surface area contributed by atoms with Gasteiger partial charge in [-0.2, -0.15) is 0 Å². The summed E-state index contributed by atoms with van der Waals surface area (Å²) in [6.45, 7) is 10.6. The highest BCUT2D eigenvalue weighted by Gasteiger charge is 2.14. The van der Waals surface area contributed by atoms with Gasteiger partial charge in [-0.05, 0) is 32.9 Å². The van der Waals surface area contributed by atoms with Crippen molar-refractivity contribution in [3.8, 4) is 12.3 Å². The first kappa shape index (κ1) is 17.7. The Kier molecular flexibility index (Phi) is 6.83. The van der Waals surface area contributed by atoms with E-state index in [0.717, 1.165) is 26.2 Å². The van der Waals surface area contributed by atoms with Gasteiger partial charge in [-0.15, -0.1) is 6.42 Å². The molecule has 1 aliphatic heterocycles. The van der Waals surface area contributed by atoms with Crippen LogP contribution in [0.5, 0.6) is 0 Å². The third-order valence-corrected chi connectivity index (χ3v) is 5.16. The summed E-state index contributed by atoms with van der Waals surface area (Å²) in [5.41, 5.74) is 2.64. The Labute approximate surface area is 145 Å². The molecule has 1 fully saturated rings. The SMILES string of the molecule is C#CC(C)/C=C\C(Sc1ccccc1N1CCNCC1)=C(C)C. The smallest absolute Gasteiger partial charge is 0.0508 e. The number of para-hydroxylation sites is 1. The molecule has 1 aliphatic rings. The summed E-state index contributed by atoms with van der Waals surface area (Å²) >= 11 is 1.83. The molecule has 2 rings (SSSR count). The molecule has 0 radical (unpaired) electrons. The van der Waals surface area contributed by atoms with E-state index in [0.29, 0.717) is 0 Å². The fourth-order valence-electron chi connectivity index (χ4n) is 2.42. The van der Waals surface area contributed by atoms with Crippen LogP contribution in [0.1, 0.15) is 20.8 Å². The zero-order valence-corrected chi connectivity index (χ0v) is 15.1. The van der Waals surface area contributed by atoms with E-state index < -0.39 is 0 Å². The van der Waals surface area contributed by atoms with E-state index in [1.807, 2.05) is 18.7 Å². The number of hydrogen-bond donors (Lipinski definition) is 1. The lowest BCUT2D eigenvalue weighted by molar-refractivity contribution is 0.587. The van der Waals surface area contributed by atoms with Crippen LogP contribution < -0.4 is 10.2 Å². The standard InChI is InChI=1S/C20H26N2S/c1-5-17(4)10-11-19(16(2)3)23-20-9-7-6-8-18(20)22-14-12-21-13-15-22/h1,6-11,17,21H,12-15H2,2-4H3/b11-10-. The first-order valence-corrected chi connectivity index (χ1v) is 8.98. The van der Waals surface area contributed by atoms with Crippen LogP contribution in [-0.2, 0) is 0 Å². The minimum Gasteiger partial charge on any atom is -0.368 e. The van der Waals surface area contributed by atoms with Crippen molar-refractivity contribution in [1.29, 1.82) is 0 Å². The van der Waals surface area contributed by atoms with Crippen molar-refractivity contribution in [2.45, 2.75) is 25.7 Å². The summed E-state index contributed by atoms with van der Waals surface area (Å²) in [5.74, 6) is 2.91. The monoisotopic (exact) mass is 326 g/mol. The normalized spacial score (nSPS) is 16.2. The fraction of sp³-hybridized carbons (Fsp3) is 0.400. The number of allylic oxidation sites excluding steroid dienone is 3. The first-order valence-electron chi connectivity index (χ1n) is 8.16. The minimum absolute atomic E-state index is 0.161. The predicted octanol–water partition coefficient (Wildman–Crippen LogP) is 4.31. The maximum atomic E-state index is 5.47. The van der Waals surface area contributed by atoms with E-state index in [4.69, 9.17) is 6.42 Å². The van der Waals surface area contributed by atoms with Crippen LogP contribution in [0, 0.1) is 18.3 Å². The van der Waals surface area contributed by atoms with Crippen LogP contribution in [0.3, 0.4) is 0 Å². The van der Waals surface area contributed by atoms with Crippen molar-refractivity contribution in [3.05, 3.63) is 46.9 Å². The number of anilines is 1. The molecule has 1 aromatic rings. The number of piperazine rings is 1. The average Bonchev–Trinajstić information content (AvgIpc) is 2.59. The third kappa shape index (κ3) is 5.20. The molecule has 0 aromatic heterocycles. The largest absolute Gasteiger partial charge is 0.368 e. The van der Waals surface area contributed by atoms with Crippen molar-refractivity contribution in [3.63, 3.8) is 0 Å². The Morgan fingerprint density at radius 3 is 2.65 bits per heavy atom. The predicted molar refractivity (Wildman–Crippen MR) is 103 cm³/mol. The molecule has 0 saturated carbocycles. The van der Waals surface area contributed by atoms with E-state index in [9.17, 15) is 0 Å². The van der Waals surface area contributed by atoms with Crippen LogP contribution in [0.25, 0.3) is 0 Å². The van der Waals surface area contributed by atoms with Gasteiger partial charge in [0.15, 0.2) is 0 Å². The van der Waals surface area contributed by atoms with Crippen LogP contribution in [0.2, 0.25) is 0 Å². The Bertz CT molecular complexity index is 615. The van der Waals surface area contributed by atoms with Gasteiger partial charge >= 0.3 is 0 Å². The Morgan fingerprint density at radius 1 is 1.30 bits per heavy atom. The van der Waals surface area contributed by atoms with Crippen LogP contribution in [0.4, 0.5) is 5.69 Å². The van der Waals surface area contributed by atoms with Crippen molar-refractivity contribution in [1.82, 2.24) is 5.32 Å². The lowest BCUT2D eigenvalue weighted by atomic mass is 10.2. The van der Waals surface area contributed by atoms with Gasteiger partial charge in [-0.25, -0.2) is 0 Å². The lowest BCUT2D eigenvalue weighted by Crippen LogP contribution is -2.43. The van der Waals surface area contributed by atoms with E-state index in [2.05, 4.69) is 66.4 Å². The highest BCUT2D eigenvalue weighted by atomic mass is 32.2. The van der Waals surface area contributed by atoms with Gasteiger partial charge < -0.3 is 10.2 Å². The Balaban J connectivity index is 2.22. The summed E-state index contributed by atoms with van der Waals surface area (Å²) in [4.78, 5) is 5.05. The van der Waals surface area contributed by atoms with Gasteiger partial charge in [0.25, 0.3) is 0 Å². The van der Waals surface area contributed by atoms with Gasteiger partial charge in [-0.1, -0.05) is 47.5 Å². The zero-order valence-electron chi connectivity index (χ0n) is 14.3. The number of nitrogens with one attached hydrogen (secondary N) is 1. The highest BCUT2D eigenvalue weighted by molar-refractivity contribution is 8.03. The molecular weight excluding hydrogens is 300 g/mol. The molecule has 1 atom stereocenters. The second-order valence-corrected chi connectivity index (χ2v) is 7.07. The summed E-state index contributed by atoms with van der Waals surface area (Å²) in [7, 11) is 0. The number of nitrogens with zero attached hydrogens (tertiary/aromatic N) is 1. The van der Waals surface area contributed by atoms with Crippen LogP contribution in [0.15, 0.2) is 51.8 Å². The summed E-state index contributed by atoms with van der Waals surface area (Å²) in [5, 5.41) is 3.41. The quantitative estimate of drug-likeness (QED) is 0.493. The molecule has 122 valence electrons. The highest BCUT2D eigenvalue weighted by Crippen LogP contribution is 2.37. The minimum atomic E-state index is 0.161. The van der Waals surface area contributed by atoms with Crippen molar-refractivity contribution in [2.75, 3.05) is 31.1 Å². The maximum Gasteiger partial charge on any atom is 0.0508 e. The number of hydrogen-bond acceptors (Lipinski definition) is 3. The Morgan fingerprint density at radius 2 is 2.00 bits per heavy atom. The zero-order chi connectivity index (χ0) is 16.7. The second-order valence-electron chi connectivity index (χ2n) is 5.99. The number of thioether (sulfide) groups is 1. The summed E-state index contributed by atoms with van der Waals surface area (Å²) < 4.78 is 0. The molecule has 1 unspecified atom stereocenters. The van der Waals surface area contributed by atoms with Gasteiger partial charge in [0, 0.05) is 41.9 Å². The summed E-state index contributed by atoms with van der Waals surface area (Å²) in [6.07, 6.45) is 9.74.